The van der Waals surface area contributed by atoms with Crippen molar-refractivity contribution in [3.63, 3.8) is 0 Å². The number of carbonyl (C=O) groups is 2. The molecular formula is C27H33N5O2. The summed E-state index contributed by atoms with van der Waals surface area (Å²) in [6, 6.07) is 14.1. The number of aromatic nitrogens is 3. The molecule has 0 aliphatic carbocycles. The Labute approximate surface area is 201 Å². The molecule has 0 spiro atoms. The molecule has 0 radical (unpaired) electrons. The number of benzene rings is 1. The number of pyridine rings is 1. The number of piperidine rings is 1. The molecule has 3 heterocycles. The molecule has 2 aromatic heterocycles. The predicted octanol–water partition coefficient (Wildman–Crippen LogP) is 3.98. The minimum atomic E-state index is -0.0953. The van der Waals surface area contributed by atoms with Crippen LogP contribution in [0.5, 0.6) is 0 Å². The Bertz CT molecular complexity index is 1130. The van der Waals surface area contributed by atoms with E-state index in [1.54, 1.807) is 25.5 Å². The van der Waals surface area contributed by atoms with Crippen molar-refractivity contribution in [2.75, 3.05) is 13.6 Å². The average molecular weight is 460 g/mol. The first-order valence-corrected chi connectivity index (χ1v) is 11.8. The van der Waals surface area contributed by atoms with Crippen LogP contribution in [0.15, 0.2) is 54.9 Å². The van der Waals surface area contributed by atoms with E-state index in [4.69, 9.17) is 0 Å². The lowest BCUT2D eigenvalue weighted by atomic mass is 9.84. The quantitative estimate of drug-likeness (QED) is 0.604. The Morgan fingerprint density at radius 1 is 1.12 bits per heavy atom. The maximum atomic E-state index is 13.5. The highest BCUT2D eigenvalue weighted by Crippen LogP contribution is 2.29. The zero-order valence-electron chi connectivity index (χ0n) is 20.3. The molecule has 1 fully saturated rings. The third-order valence-electron chi connectivity index (χ3n) is 6.67. The van der Waals surface area contributed by atoms with Gasteiger partial charge in [0, 0.05) is 43.5 Å². The molecule has 0 bridgehead atoms. The fraction of sp³-hybridized carbons (Fsp3) is 0.407. The van der Waals surface area contributed by atoms with Crippen LogP contribution in [0.2, 0.25) is 0 Å². The molecule has 0 saturated carbocycles. The third-order valence-corrected chi connectivity index (χ3v) is 6.67. The van der Waals surface area contributed by atoms with Crippen molar-refractivity contribution in [1.29, 1.82) is 0 Å². The van der Waals surface area contributed by atoms with E-state index in [9.17, 15) is 9.59 Å². The van der Waals surface area contributed by atoms with Gasteiger partial charge in [0.1, 0.15) is 5.69 Å². The number of hydrogen-bond acceptors (Lipinski definition) is 4. The van der Waals surface area contributed by atoms with Gasteiger partial charge in [-0.3, -0.25) is 19.7 Å². The van der Waals surface area contributed by atoms with Gasteiger partial charge in [-0.25, -0.2) is 0 Å². The zero-order valence-corrected chi connectivity index (χ0v) is 20.3. The fourth-order valence-corrected chi connectivity index (χ4v) is 4.62. The number of nitrogens with one attached hydrogen (secondary N) is 2. The standard InChI is InChI=1S/C27H33N5O2/c1-27(2,3)21-7-5-18(6-8-21)15-22-16-20(25(33)28-4)11-14-32(22)26(34)24-17-23(30-31-24)19-9-12-29-13-10-19/h5-10,12-13,17,20,22H,11,14-16H2,1-4H3,(H,28,33)(H,30,31). The second-order valence-corrected chi connectivity index (χ2v) is 10.0. The number of amides is 2. The molecule has 2 amide bonds. The van der Waals surface area contributed by atoms with Crippen molar-refractivity contribution in [3.8, 4) is 11.3 Å². The molecule has 4 rings (SSSR count). The number of aromatic amines is 1. The van der Waals surface area contributed by atoms with E-state index < -0.39 is 0 Å². The van der Waals surface area contributed by atoms with Crippen LogP contribution in [0.25, 0.3) is 11.3 Å². The van der Waals surface area contributed by atoms with Crippen LogP contribution in [-0.2, 0) is 16.6 Å². The van der Waals surface area contributed by atoms with Crippen LogP contribution in [0, 0.1) is 5.92 Å². The molecule has 34 heavy (non-hydrogen) atoms. The number of nitrogens with zero attached hydrogens (tertiary/aromatic N) is 3. The average Bonchev–Trinajstić information content (AvgIpc) is 3.34. The van der Waals surface area contributed by atoms with Crippen molar-refractivity contribution in [1.82, 2.24) is 25.4 Å². The smallest absolute Gasteiger partial charge is 0.272 e. The molecule has 2 atom stereocenters. The van der Waals surface area contributed by atoms with E-state index in [0.29, 0.717) is 37.2 Å². The minimum absolute atomic E-state index is 0.0432. The molecule has 7 heteroatoms. The van der Waals surface area contributed by atoms with Crippen molar-refractivity contribution in [3.05, 3.63) is 71.7 Å². The second-order valence-electron chi connectivity index (χ2n) is 10.0. The van der Waals surface area contributed by atoms with Crippen LogP contribution in [0.4, 0.5) is 0 Å². The molecule has 1 aliphatic heterocycles. The first kappa shape index (κ1) is 23.7. The summed E-state index contributed by atoms with van der Waals surface area (Å²) < 4.78 is 0. The van der Waals surface area contributed by atoms with Gasteiger partial charge in [0.05, 0.1) is 5.69 Å². The maximum absolute atomic E-state index is 13.5. The van der Waals surface area contributed by atoms with Crippen molar-refractivity contribution in [2.24, 2.45) is 5.92 Å². The number of likely N-dealkylation sites (tertiary alicyclic amines) is 1. The van der Waals surface area contributed by atoms with Gasteiger partial charge >= 0.3 is 0 Å². The normalized spacial score (nSPS) is 18.5. The highest BCUT2D eigenvalue weighted by atomic mass is 16.2. The molecule has 1 saturated heterocycles. The Morgan fingerprint density at radius 2 is 1.82 bits per heavy atom. The monoisotopic (exact) mass is 459 g/mol. The summed E-state index contributed by atoms with van der Waals surface area (Å²) in [7, 11) is 1.67. The van der Waals surface area contributed by atoms with Gasteiger partial charge in [0.15, 0.2) is 0 Å². The lowest BCUT2D eigenvalue weighted by molar-refractivity contribution is -0.126. The van der Waals surface area contributed by atoms with Gasteiger partial charge in [0.25, 0.3) is 5.91 Å². The van der Waals surface area contributed by atoms with E-state index in [-0.39, 0.29) is 29.2 Å². The molecular weight excluding hydrogens is 426 g/mol. The third kappa shape index (κ3) is 5.19. The van der Waals surface area contributed by atoms with Crippen LogP contribution in [-0.4, -0.2) is 51.5 Å². The van der Waals surface area contributed by atoms with Crippen LogP contribution in [0.1, 0.15) is 55.2 Å². The molecule has 3 aromatic rings. The molecule has 1 aliphatic rings. The van der Waals surface area contributed by atoms with Gasteiger partial charge in [-0.1, -0.05) is 45.0 Å². The number of hydrogen-bond donors (Lipinski definition) is 2. The van der Waals surface area contributed by atoms with E-state index in [1.807, 2.05) is 17.0 Å². The predicted molar refractivity (Wildman–Crippen MR) is 132 cm³/mol. The summed E-state index contributed by atoms with van der Waals surface area (Å²) in [4.78, 5) is 31.9. The molecule has 2 N–H and O–H groups in total. The molecule has 2 unspecified atom stereocenters. The van der Waals surface area contributed by atoms with Crippen LogP contribution >= 0.6 is 0 Å². The van der Waals surface area contributed by atoms with Gasteiger partial charge in [0.2, 0.25) is 5.91 Å². The summed E-state index contributed by atoms with van der Waals surface area (Å²) in [6.07, 6.45) is 5.40. The van der Waals surface area contributed by atoms with Gasteiger partial charge < -0.3 is 10.2 Å². The zero-order chi connectivity index (χ0) is 24.3. The topological polar surface area (TPSA) is 91.0 Å². The van der Waals surface area contributed by atoms with Gasteiger partial charge in [-0.15, -0.1) is 0 Å². The molecule has 7 nitrogen and oxygen atoms in total. The highest BCUT2D eigenvalue weighted by Gasteiger charge is 2.35. The lowest BCUT2D eigenvalue weighted by Gasteiger charge is -2.39. The Balaban J connectivity index is 1.56. The maximum Gasteiger partial charge on any atom is 0.272 e. The molecule has 1 aromatic carbocycles. The van der Waals surface area contributed by atoms with Crippen LogP contribution < -0.4 is 5.32 Å². The van der Waals surface area contributed by atoms with Crippen molar-refractivity contribution in [2.45, 2.75) is 51.5 Å². The minimum Gasteiger partial charge on any atom is -0.359 e. The number of H-pyrrole nitrogens is 1. The van der Waals surface area contributed by atoms with Crippen LogP contribution in [0.3, 0.4) is 0 Å². The van der Waals surface area contributed by atoms with Gasteiger partial charge in [-0.05, 0) is 54.0 Å². The Hall–Kier alpha value is -3.48. The highest BCUT2D eigenvalue weighted by molar-refractivity contribution is 5.94. The number of carbonyl (C=O) groups excluding carboxylic acids is 2. The first-order chi connectivity index (χ1) is 16.3. The fourth-order valence-electron chi connectivity index (χ4n) is 4.62. The summed E-state index contributed by atoms with van der Waals surface area (Å²) in [5, 5.41) is 10.0. The van der Waals surface area contributed by atoms with E-state index >= 15 is 0 Å². The van der Waals surface area contributed by atoms with E-state index in [1.165, 1.54) is 5.56 Å². The molecule has 178 valence electrons. The van der Waals surface area contributed by atoms with Gasteiger partial charge in [-0.2, -0.15) is 5.10 Å². The second kappa shape index (κ2) is 9.79. The van der Waals surface area contributed by atoms with E-state index in [2.05, 4.69) is 65.5 Å². The Kier molecular flexibility index (Phi) is 6.82. The summed E-state index contributed by atoms with van der Waals surface area (Å²) in [5.41, 5.74) is 4.59. The lowest BCUT2D eigenvalue weighted by Crippen LogP contribution is -2.49. The largest absolute Gasteiger partial charge is 0.359 e. The first-order valence-electron chi connectivity index (χ1n) is 11.8. The summed E-state index contributed by atoms with van der Waals surface area (Å²) in [6.45, 7) is 7.12. The SMILES string of the molecule is CNC(=O)C1CCN(C(=O)c2cc(-c3ccncc3)n[nH]2)C(Cc2ccc(C(C)(C)C)cc2)C1. The summed E-state index contributed by atoms with van der Waals surface area (Å²) in [5.74, 6) is -0.136. The van der Waals surface area contributed by atoms with E-state index in [0.717, 1.165) is 11.1 Å². The van der Waals surface area contributed by atoms with Crippen molar-refractivity contribution >= 4 is 11.8 Å². The Morgan fingerprint density at radius 3 is 2.47 bits per heavy atom. The van der Waals surface area contributed by atoms with Crippen molar-refractivity contribution < 1.29 is 9.59 Å². The number of rotatable bonds is 5. The summed E-state index contributed by atoms with van der Waals surface area (Å²) >= 11 is 0.